The van der Waals surface area contributed by atoms with E-state index in [0.29, 0.717) is 18.9 Å². The molecule has 4 heteroatoms. The second-order valence-electron chi connectivity index (χ2n) is 4.73. The summed E-state index contributed by atoms with van der Waals surface area (Å²) in [7, 11) is 2.14. The van der Waals surface area contributed by atoms with Crippen LogP contribution in [-0.2, 0) is 0 Å². The van der Waals surface area contributed by atoms with E-state index in [0.717, 1.165) is 24.1 Å². The van der Waals surface area contributed by atoms with Gasteiger partial charge in [0, 0.05) is 36.5 Å². The van der Waals surface area contributed by atoms with Gasteiger partial charge < -0.3 is 20.1 Å². The summed E-state index contributed by atoms with van der Waals surface area (Å²) in [5.41, 5.74) is 6.48. The average molecular weight is 250 g/mol. The van der Waals surface area contributed by atoms with Crippen LogP contribution in [0.1, 0.15) is 19.8 Å². The van der Waals surface area contributed by atoms with Crippen molar-refractivity contribution in [2.45, 2.75) is 25.8 Å². The fraction of sp³-hybridized carbons (Fsp3) is 0.571. The number of nitrogens with zero attached hydrogens (tertiary/aromatic N) is 1. The molecule has 100 valence electrons. The van der Waals surface area contributed by atoms with Crippen molar-refractivity contribution in [3.05, 3.63) is 18.2 Å². The van der Waals surface area contributed by atoms with Crippen LogP contribution in [0.25, 0.3) is 0 Å². The van der Waals surface area contributed by atoms with E-state index in [1.165, 1.54) is 12.8 Å². The van der Waals surface area contributed by atoms with E-state index in [1.54, 1.807) is 0 Å². The summed E-state index contributed by atoms with van der Waals surface area (Å²) in [6.45, 7) is 4.22. The van der Waals surface area contributed by atoms with E-state index in [1.807, 2.05) is 25.1 Å². The summed E-state index contributed by atoms with van der Waals surface area (Å²) in [6.07, 6.45) is 2.65. The van der Waals surface area contributed by atoms with Crippen LogP contribution in [0.15, 0.2) is 18.2 Å². The zero-order valence-corrected chi connectivity index (χ0v) is 11.2. The molecule has 1 aliphatic carbocycles. The molecule has 0 bridgehead atoms. The Hall–Kier alpha value is -1.42. The molecule has 1 aromatic carbocycles. The molecule has 0 radical (unpaired) electrons. The van der Waals surface area contributed by atoms with E-state index in [-0.39, 0.29) is 0 Å². The zero-order chi connectivity index (χ0) is 13.0. The first-order valence-electron chi connectivity index (χ1n) is 6.55. The van der Waals surface area contributed by atoms with E-state index in [2.05, 4.69) is 11.9 Å². The van der Waals surface area contributed by atoms with Gasteiger partial charge in [-0.15, -0.1) is 0 Å². The Balaban J connectivity index is 1.83. The number of hydrogen-bond donors (Lipinski definition) is 1. The number of likely N-dealkylation sites (N-methyl/N-ethyl adjacent to an activating group) is 1. The van der Waals surface area contributed by atoms with Gasteiger partial charge in [-0.1, -0.05) is 0 Å². The number of nitrogen functional groups attached to an aromatic ring is 1. The van der Waals surface area contributed by atoms with Gasteiger partial charge in [0.05, 0.1) is 6.61 Å². The lowest BCUT2D eigenvalue weighted by molar-refractivity contribution is 0.231. The van der Waals surface area contributed by atoms with Gasteiger partial charge in [-0.2, -0.15) is 0 Å². The molecule has 0 spiro atoms. The summed E-state index contributed by atoms with van der Waals surface area (Å²) in [4.78, 5) is 2.34. The van der Waals surface area contributed by atoms with Gasteiger partial charge >= 0.3 is 0 Å². The van der Waals surface area contributed by atoms with Crippen LogP contribution < -0.4 is 15.2 Å². The first-order valence-corrected chi connectivity index (χ1v) is 6.55. The lowest BCUT2D eigenvalue weighted by Gasteiger charge is -2.16. The van der Waals surface area contributed by atoms with Crippen LogP contribution in [0.2, 0.25) is 0 Å². The van der Waals surface area contributed by atoms with Crippen LogP contribution in [-0.4, -0.2) is 37.7 Å². The van der Waals surface area contributed by atoms with E-state index >= 15 is 0 Å². The minimum Gasteiger partial charge on any atom is -0.494 e. The number of nitrogens with two attached hydrogens (primary N) is 1. The van der Waals surface area contributed by atoms with Gasteiger partial charge in [-0.25, -0.2) is 0 Å². The zero-order valence-electron chi connectivity index (χ0n) is 11.2. The van der Waals surface area contributed by atoms with Gasteiger partial charge in [0.15, 0.2) is 0 Å². The second kappa shape index (κ2) is 5.96. The van der Waals surface area contributed by atoms with Crippen LogP contribution in [0, 0.1) is 0 Å². The van der Waals surface area contributed by atoms with Crippen LogP contribution >= 0.6 is 0 Å². The molecule has 4 nitrogen and oxygen atoms in total. The maximum atomic E-state index is 5.81. The predicted octanol–water partition coefficient (Wildman–Crippen LogP) is 2.14. The Labute approximate surface area is 109 Å². The summed E-state index contributed by atoms with van der Waals surface area (Å²) in [6, 6.07) is 6.30. The summed E-state index contributed by atoms with van der Waals surface area (Å²) in [5.74, 6) is 1.55. The molecule has 1 aliphatic rings. The third kappa shape index (κ3) is 3.81. The van der Waals surface area contributed by atoms with E-state index in [9.17, 15) is 0 Å². The highest BCUT2D eigenvalue weighted by Gasteiger charge is 2.25. The second-order valence-corrected chi connectivity index (χ2v) is 4.73. The topological polar surface area (TPSA) is 47.7 Å². The normalized spacial score (nSPS) is 14.8. The molecule has 1 aromatic rings. The lowest BCUT2D eigenvalue weighted by atomic mass is 10.3. The monoisotopic (exact) mass is 250 g/mol. The smallest absolute Gasteiger partial charge is 0.125 e. The molecule has 1 fully saturated rings. The fourth-order valence-corrected chi connectivity index (χ4v) is 1.93. The number of ether oxygens (including phenoxy) is 2. The molecule has 0 heterocycles. The van der Waals surface area contributed by atoms with Crippen molar-refractivity contribution in [3.8, 4) is 11.5 Å². The minimum atomic E-state index is 0.632. The predicted molar refractivity (Wildman–Crippen MR) is 73.2 cm³/mol. The van der Waals surface area contributed by atoms with E-state index < -0.39 is 0 Å². The minimum absolute atomic E-state index is 0.632. The number of benzene rings is 1. The largest absolute Gasteiger partial charge is 0.494 e. The first-order chi connectivity index (χ1) is 8.69. The molecule has 2 rings (SSSR count). The van der Waals surface area contributed by atoms with Crippen LogP contribution in [0.3, 0.4) is 0 Å². The SMILES string of the molecule is CCOc1cc(N)cc(OCCN(C)C2CC2)c1. The van der Waals surface area contributed by atoms with Gasteiger partial charge in [-0.3, -0.25) is 0 Å². The van der Waals surface area contributed by atoms with Crippen molar-refractivity contribution in [1.82, 2.24) is 4.90 Å². The van der Waals surface area contributed by atoms with Crippen molar-refractivity contribution in [2.75, 3.05) is 32.5 Å². The summed E-state index contributed by atoms with van der Waals surface area (Å²) >= 11 is 0. The van der Waals surface area contributed by atoms with Gasteiger partial charge in [0.25, 0.3) is 0 Å². The average Bonchev–Trinajstić information content (AvgIpc) is 3.12. The van der Waals surface area contributed by atoms with Crippen LogP contribution in [0.4, 0.5) is 5.69 Å². The maximum Gasteiger partial charge on any atom is 0.125 e. The van der Waals surface area contributed by atoms with Crippen molar-refractivity contribution in [1.29, 1.82) is 0 Å². The first kappa shape index (κ1) is 13.0. The Morgan fingerprint density at radius 2 is 1.89 bits per heavy atom. The van der Waals surface area contributed by atoms with Crippen molar-refractivity contribution >= 4 is 5.69 Å². The summed E-state index contributed by atoms with van der Waals surface area (Å²) in [5, 5.41) is 0. The highest BCUT2D eigenvalue weighted by molar-refractivity contribution is 5.50. The lowest BCUT2D eigenvalue weighted by Crippen LogP contribution is -2.26. The third-order valence-electron chi connectivity index (χ3n) is 3.10. The van der Waals surface area contributed by atoms with Crippen molar-refractivity contribution in [3.63, 3.8) is 0 Å². The quantitative estimate of drug-likeness (QED) is 0.753. The maximum absolute atomic E-state index is 5.81. The summed E-state index contributed by atoms with van der Waals surface area (Å²) < 4.78 is 11.2. The molecular formula is C14H22N2O2. The van der Waals surface area contributed by atoms with Crippen LogP contribution in [0.5, 0.6) is 11.5 Å². The third-order valence-corrected chi connectivity index (χ3v) is 3.10. The Bertz CT molecular complexity index is 391. The van der Waals surface area contributed by atoms with Crippen molar-refractivity contribution in [2.24, 2.45) is 0 Å². The standard InChI is InChI=1S/C14H22N2O2/c1-3-17-13-8-11(15)9-14(10-13)18-7-6-16(2)12-4-5-12/h8-10,12H,3-7,15H2,1-2H3. The molecule has 1 saturated carbocycles. The molecule has 0 unspecified atom stereocenters. The Morgan fingerprint density at radius 1 is 1.22 bits per heavy atom. The highest BCUT2D eigenvalue weighted by atomic mass is 16.5. The molecule has 0 atom stereocenters. The fourth-order valence-electron chi connectivity index (χ4n) is 1.93. The highest BCUT2D eigenvalue weighted by Crippen LogP contribution is 2.26. The van der Waals surface area contributed by atoms with Gasteiger partial charge in [0.1, 0.15) is 18.1 Å². The number of rotatable bonds is 7. The Kier molecular flexibility index (Phi) is 4.31. The number of hydrogen-bond acceptors (Lipinski definition) is 4. The molecule has 0 amide bonds. The molecule has 0 aliphatic heterocycles. The number of anilines is 1. The molecular weight excluding hydrogens is 228 g/mol. The van der Waals surface area contributed by atoms with Gasteiger partial charge in [0.2, 0.25) is 0 Å². The van der Waals surface area contributed by atoms with Gasteiger partial charge in [-0.05, 0) is 26.8 Å². The molecule has 2 N–H and O–H groups in total. The molecule has 0 aromatic heterocycles. The van der Waals surface area contributed by atoms with E-state index in [4.69, 9.17) is 15.2 Å². The molecule has 0 saturated heterocycles. The van der Waals surface area contributed by atoms with Crippen molar-refractivity contribution < 1.29 is 9.47 Å². The Morgan fingerprint density at radius 3 is 2.50 bits per heavy atom. The molecule has 18 heavy (non-hydrogen) atoms.